The van der Waals surface area contributed by atoms with Crippen molar-refractivity contribution in [2.45, 2.75) is 6.92 Å². The summed E-state index contributed by atoms with van der Waals surface area (Å²) in [6, 6.07) is 11.1. The Morgan fingerprint density at radius 1 is 1.24 bits per heavy atom. The van der Waals surface area contributed by atoms with Crippen LogP contribution in [0.5, 0.6) is 5.75 Å². The number of methoxy groups -OCH3 is 1. The normalized spacial score (nSPS) is 10.8. The molecule has 2 aromatic heterocycles. The van der Waals surface area contributed by atoms with E-state index < -0.39 is 5.97 Å². The van der Waals surface area contributed by atoms with E-state index in [-0.39, 0.29) is 5.69 Å². The molecule has 21 heavy (non-hydrogen) atoms. The molecule has 106 valence electrons. The Morgan fingerprint density at radius 2 is 1.95 bits per heavy atom. The molecule has 0 aliphatic carbocycles. The molecule has 0 unspecified atom stereocenters. The number of rotatable bonds is 3. The van der Waals surface area contributed by atoms with E-state index >= 15 is 0 Å². The van der Waals surface area contributed by atoms with Gasteiger partial charge < -0.3 is 9.84 Å². The summed E-state index contributed by atoms with van der Waals surface area (Å²) in [6.45, 7) is 1.88. The SMILES string of the molecule is COc1ccc(-c2nc(C(=O)O)c3c(C)cccn23)cc1. The van der Waals surface area contributed by atoms with E-state index in [1.807, 2.05) is 49.5 Å². The molecule has 0 atom stereocenters. The molecule has 1 aromatic carbocycles. The van der Waals surface area contributed by atoms with Crippen molar-refractivity contribution < 1.29 is 14.6 Å². The monoisotopic (exact) mass is 282 g/mol. The first-order valence-electron chi connectivity index (χ1n) is 6.47. The topological polar surface area (TPSA) is 63.8 Å². The quantitative estimate of drug-likeness (QED) is 0.802. The Hall–Kier alpha value is -2.82. The van der Waals surface area contributed by atoms with E-state index in [2.05, 4.69) is 4.98 Å². The number of pyridine rings is 1. The molecule has 0 bridgehead atoms. The van der Waals surface area contributed by atoms with Crippen LogP contribution < -0.4 is 4.74 Å². The summed E-state index contributed by atoms with van der Waals surface area (Å²) in [6.07, 6.45) is 1.82. The van der Waals surface area contributed by atoms with Gasteiger partial charge in [-0.25, -0.2) is 9.78 Å². The molecule has 0 radical (unpaired) electrons. The molecule has 5 heteroatoms. The summed E-state index contributed by atoms with van der Waals surface area (Å²) in [5, 5.41) is 9.35. The molecule has 0 amide bonds. The van der Waals surface area contributed by atoms with E-state index in [1.54, 1.807) is 11.5 Å². The van der Waals surface area contributed by atoms with E-state index in [0.29, 0.717) is 11.3 Å². The van der Waals surface area contributed by atoms with Crippen LogP contribution in [-0.2, 0) is 0 Å². The van der Waals surface area contributed by atoms with Crippen LogP contribution in [0.2, 0.25) is 0 Å². The van der Waals surface area contributed by atoms with E-state index in [9.17, 15) is 9.90 Å². The van der Waals surface area contributed by atoms with Crippen molar-refractivity contribution in [2.24, 2.45) is 0 Å². The third-order valence-electron chi connectivity index (χ3n) is 3.42. The zero-order valence-electron chi connectivity index (χ0n) is 11.7. The molecule has 5 nitrogen and oxygen atoms in total. The summed E-state index contributed by atoms with van der Waals surface area (Å²) in [7, 11) is 1.60. The fraction of sp³-hybridized carbons (Fsp3) is 0.125. The number of aromatic carboxylic acids is 1. The molecule has 1 N–H and O–H groups in total. The molecule has 0 saturated carbocycles. The number of imidazole rings is 1. The van der Waals surface area contributed by atoms with Gasteiger partial charge in [0.1, 0.15) is 11.6 Å². The number of hydrogen-bond donors (Lipinski definition) is 1. The largest absolute Gasteiger partial charge is 0.497 e. The van der Waals surface area contributed by atoms with Gasteiger partial charge in [-0.15, -0.1) is 0 Å². The second-order valence-electron chi connectivity index (χ2n) is 4.73. The number of nitrogens with zero attached hydrogens (tertiary/aromatic N) is 2. The average Bonchev–Trinajstić information content (AvgIpc) is 2.88. The van der Waals surface area contributed by atoms with Gasteiger partial charge in [-0.2, -0.15) is 0 Å². The second-order valence-corrected chi connectivity index (χ2v) is 4.73. The number of benzene rings is 1. The van der Waals surface area contributed by atoms with Crippen molar-refractivity contribution in [3.8, 4) is 17.1 Å². The lowest BCUT2D eigenvalue weighted by atomic mass is 10.2. The molecule has 0 aliphatic rings. The highest BCUT2D eigenvalue weighted by Gasteiger charge is 2.19. The Labute approximate surface area is 121 Å². The summed E-state index contributed by atoms with van der Waals surface area (Å²) >= 11 is 0. The maximum atomic E-state index is 11.4. The van der Waals surface area contributed by atoms with Crippen LogP contribution in [-0.4, -0.2) is 27.6 Å². The van der Waals surface area contributed by atoms with Gasteiger partial charge in [0.2, 0.25) is 0 Å². The summed E-state index contributed by atoms with van der Waals surface area (Å²) in [5.74, 6) is 0.324. The van der Waals surface area contributed by atoms with Crippen LogP contribution >= 0.6 is 0 Å². The molecular weight excluding hydrogens is 268 g/mol. The number of carbonyl (C=O) groups is 1. The van der Waals surface area contributed by atoms with Gasteiger partial charge in [0.05, 0.1) is 12.6 Å². The third-order valence-corrected chi connectivity index (χ3v) is 3.42. The lowest BCUT2D eigenvalue weighted by Crippen LogP contribution is -1.98. The predicted octanol–water partition coefficient (Wildman–Crippen LogP) is 3.02. The fourth-order valence-electron chi connectivity index (χ4n) is 2.40. The number of ether oxygens (including phenoxy) is 1. The minimum atomic E-state index is -1.03. The standard InChI is InChI=1S/C16H14N2O3/c1-10-4-3-9-18-14(10)13(16(19)20)17-15(18)11-5-7-12(21-2)8-6-11/h3-9H,1-2H3,(H,19,20). The van der Waals surface area contributed by atoms with Crippen molar-refractivity contribution >= 4 is 11.5 Å². The van der Waals surface area contributed by atoms with E-state index in [4.69, 9.17) is 4.74 Å². The van der Waals surface area contributed by atoms with E-state index in [0.717, 1.165) is 16.9 Å². The van der Waals surface area contributed by atoms with Gasteiger partial charge >= 0.3 is 5.97 Å². The van der Waals surface area contributed by atoms with Crippen LogP contribution in [0.1, 0.15) is 16.1 Å². The predicted molar refractivity (Wildman–Crippen MR) is 78.9 cm³/mol. The molecule has 3 rings (SSSR count). The summed E-state index contributed by atoms with van der Waals surface area (Å²) < 4.78 is 6.94. The van der Waals surface area contributed by atoms with Crippen LogP contribution in [0.15, 0.2) is 42.6 Å². The first-order chi connectivity index (χ1) is 10.1. The smallest absolute Gasteiger partial charge is 0.356 e. The highest BCUT2D eigenvalue weighted by Crippen LogP contribution is 2.26. The fourth-order valence-corrected chi connectivity index (χ4v) is 2.40. The molecule has 0 saturated heterocycles. The summed E-state index contributed by atoms with van der Waals surface area (Å²) in [5.41, 5.74) is 2.40. The number of hydrogen-bond acceptors (Lipinski definition) is 3. The van der Waals surface area contributed by atoms with Crippen molar-refractivity contribution in [1.29, 1.82) is 0 Å². The van der Waals surface area contributed by atoms with Crippen molar-refractivity contribution in [1.82, 2.24) is 9.38 Å². The molecule has 2 heterocycles. The van der Waals surface area contributed by atoms with E-state index in [1.165, 1.54) is 0 Å². The third kappa shape index (κ3) is 2.12. The van der Waals surface area contributed by atoms with Gasteiger partial charge in [-0.05, 0) is 42.8 Å². The maximum Gasteiger partial charge on any atom is 0.356 e. The molecule has 3 aromatic rings. The van der Waals surface area contributed by atoms with Crippen molar-refractivity contribution in [2.75, 3.05) is 7.11 Å². The second kappa shape index (κ2) is 4.94. The van der Waals surface area contributed by atoms with Crippen LogP contribution in [0.25, 0.3) is 16.9 Å². The molecular formula is C16H14N2O3. The van der Waals surface area contributed by atoms with Gasteiger partial charge in [-0.3, -0.25) is 4.40 Å². The lowest BCUT2D eigenvalue weighted by molar-refractivity contribution is 0.0693. The Bertz CT molecular complexity index is 819. The van der Waals surface area contributed by atoms with Crippen molar-refractivity contribution in [3.63, 3.8) is 0 Å². The van der Waals surface area contributed by atoms with Gasteiger partial charge in [0.25, 0.3) is 0 Å². The Morgan fingerprint density at radius 3 is 2.57 bits per heavy atom. The first-order valence-corrected chi connectivity index (χ1v) is 6.47. The number of aromatic nitrogens is 2. The Kier molecular flexibility index (Phi) is 3.10. The van der Waals surface area contributed by atoms with Crippen molar-refractivity contribution in [3.05, 3.63) is 53.9 Å². The summed E-state index contributed by atoms with van der Waals surface area (Å²) in [4.78, 5) is 15.7. The number of carboxylic acid groups (broad SMARTS) is 1. The highest BCUT2D eigenvalue weighted by atomic mass is 16.5. The molecule has 0 aliphatic heterocycles. The van der Waals surface area contributed by atoms with Gasteiger partial charge in [-0.1, -0.05) is 6.07 Å². The van der Waals surface area contributed by atoms with Crippen LogP contribution in [0.4, 0.5) is 0 Å². The minimum Gasteiger partial charge on any atom is -0.497 e. The number of fused-ring (bicyclic) bond motifs is 1. The highest BCUT2D eigenvalue weighted by molar-refractivity contribution is 5.96. The number of aryl methyl sites for hydroxylation is 1. The minimum absolute atomic E-state index is 0.0684. The molecule has 0 spiro atoms. The zero-order valence-corrected chi connectivity index (χ0v) is 11.7. The lowest BCUT2D eigenvalue weighted by Gasteiger charge is -2.04. The van der Waals surface area contributed by atoms with Crippen LogP contribution in [0, 0.1) is 6.92 Å². The van der Waals surface area contributed by atoms with Crippen LogP contribution in [0.3, 0.4) is 0 Å². The zero-order chi connectivity index (χ0) is 15.0. The molecule has 0 fully saturated rings. The number of carboxylic acids is 1. The van der Waals surface area contributed by atoms with Gasteiger partial charge in [0.15, 0.2) is 5.69 Å². The maximum absolute atomic E-state index is 11.4. The average molecular weight is 282 g/mol. The van der Waals surface area contributed by atoms with Gasteiger partial charge in [0, 0.05) is 11.8 Å². The first kappa shape index (κ1) is 13.2. The Balaban J connectivity index is 2.27.